The molecular weight excluding hydrogens is 395 g/mol. The first-order valence-corrected chi connectivity index (χ1v) is 9.67. The van der Waals surface area contributed by atoms with Gasteiger partial charge in [0.2, 0.25) is 0 Å². The quantitative estimate of drug-likeness (QED) is 0.408. The summed E-state index contributed by atoms with van der Waals surface area (Å²) in [4.78, 5) is 11.7. The number of fused-ring (bicyclic) bond motifs is 1. The summed E-state index contributed by atoms with van der Waals surface area (Å²) in [6.07, 6.45) is 1.66. The van der Waals surface area contributed by atoms with Gasteiger partial charge in [0, 0.05) is 35.9 Å². The normalized spacial score (nSPS) is 10.8. The van der Waals surface area contributed by atoms with E-state index in [0.717, 1.165) is 16.6 Å². The monoisotopic (exact) mass is 416 g/mol. The van der Waals surface area contributed by atoms with E-state index in [1.54, 1.807) is 35.1 Å². The summed E-state index contributed by atoms with van der Waals surface area (Å²) >= 11 is 0. The number of aromatic nitrogens is 2. The first-order chi connectivity index (χ1) is 15.0. The Labute approximate surface area is 178 Å². The van der Waals surface area contributed by atoms with Gasteiger partial charge in [0.05, 0.1) is 23.0 Å². The summed E-state index contributed by atoms with van der Waals surface area (Å²) in [5, 5.41) is 21.1. The smallest absolute Gasteiger partial charge is 0.335 e. The largest absolute Gasteiger partial charge is 0.478 e. The number of carboxylic acid groups (broad SMARTS) is 1. The molecular formula is C24H21FN4O2. The van der Waals surface area contributed by atoms with E-state index < -0.39 is 5.97 Å². The molecule has 3 aromatic carbocycles. The molecule has 7 heteroatoms. The summed E-state index contributed by atoms with van der Waals surface area (Å²) in [6.45, 7) is 4.65. The van der Waals surface area contributed by atoms with Crippen molar-refractivity contribution in [3.8, 4) is 5.69 Å². The van der Waals surface area contributed by atoms with Gasteiger partial charge < -0.3 is 15.7 Å². The lowest BCUT2D eigenvalue weighted by atomic mass is 10.0. The number of carbonyl (C=O) groups is 1. The average molecular weight is 416 g/mol. The van der Waals surface area contributed by atoms with Crippen LogP contribution in [0.3, 0.4) is 0 Å². The van der Waals surface area contributed by atoms with Gasteiger partial charge >= 0.3 is 5.97 Å². The lowest BCUT2D eigenvalue weighted by molar-refractivity contribution is 0.0697. The molecule has 0 atom stereocenters. The van der Waals surface area contributed by atoms with Gasteiger partial charge in [0.15, 0.2) is 0 Å². The van der Waals surface area contributed by atoms with Gasteiger partial charge in [-0.2, -0.15) is 5.10 Å². The minimum absolute atomic E-state index is 0.118. The third kappa shape index (κ3) is 4.11. The molecule has 3 N–H and O–H groups in total. The molecule has 4 aromatic rings. The van der Waals surface area contributed by atoms with Crippen molar-refractivity contribution in [2.75, 3.05) is 12.4 Å². The Hall–Kier alpha value is -4.13. The minimum Gasteiger partial charge on any atom is -0.478 e. The molecule has 6 nitrogen and oxygen atoms in total. The lowest BCUT2D eigenvalue weighted by Crippen LogP contribution is -2.12. The molecule has 0 fully saturated rings. The van der Waals surface area contributed by atoms with Crippen LogP contribution in [0.2, 0.25) is 0 Å². The van der Waals surface area contributed by atoms with E-state index in [9.17, 15) is 14.3 Å². The molecule has 4 rings (SSSR count). The molecule has 0 saturated carbocycles. The van der Waals surface area contributed by atoms with Gasteiger partial charge in [-0.15, -0.1) is 0 Å². The van der Waals surface area contributed by atoms with Crippen LogP contribution in [0.1, 0.15) is 21.5 Å². The minimum atomic E-state index is -1.05. The number of nitrogens with one attached hydrogen (secondary N) is 2. The highest BCUT2D eigenvalue weighted by Crippen LogP contribution is 2.27. The van der Waals surface area contributed by atoms with Gasteiger partial charge in [-0.05, 0) is 54.1 Å². The molecule has 31 heavy (non-hydrogen) atoms. The predicted molar refractivity (Wildman–Crippen MR) is 120 cm³/mol. The van der Waals surface area contributed by atoms with Crippen LogP contribution >= 0.6 is 0 Å². The van der Waals surface area contributed by atoms with Crippen LogP contribution in [0, 0.1) is 5.82 Å². The van der Waals surface area contributed by atoms with Crippen molar-refractivity contribution in [1.29, 1.82) is 0 Å². The van der Waals surface area contributed by atoms with Crippen molar-refractivity contribution in [3.05, 3.63) is 95.9 Å². The fraction of sp³-hybridized carbons (Fsp3) is 0.0833. The van der Waals surface area contributed by atoms with Crippen LogP contribution in [0.5, 0.6) is 0 Å². The van der Waals surface area contributed by atoms with E-state index in [2.05, 4.69) is 22.3 Å². The summed E-state index contributed by atoms with van der Waals surface area (Å²) in [6, 6.07) is 17.0. The second-order valence-electron chi connectivity index (χ2n) is 7.07. The molecule has 0 unspecified atom stereocenters. The van der Waals surface area contributed by atoms with Crippen molar-refractivity contribution in [3.63, 3.8) is 0 Å². The fourth-order valence-corrected chi connectivity index (χ4v) is 3.38. The summed E-state index contributed by atoms with van der Waals surface area (Å²) < 4.78 is 14.9. The maximum absolute atomic E-state index is 13.3. The molecule has 1 aromatic heterocycles. The van der Waals surface area contributed by atoms with Gasteiger partial charge in [-0.3, -0.25) is 0 Å². The molecule has 0 spiro atoms. The molecule has 0 radical (unpaired) electrons. The molecule has 0 amide bonds. The first-order valence-electron chi connectivity index (χ1n) is 9.67. The highest BCUT2D eigenvalue weighted by atomic mass is 19.1. The van der Waals surface area contributed by atoms with E-state index in [4.69, 9.17) is 0 Å². The zero-order chi connectivity index (χ0) is 22.0. The Bertz CT molecular complexity index is 1260. The number of anilines is 1. The fourth-order valence-electron chi connectivity index (χ4n) is 3.38. The maximum Gasteiger partial charge on any atom is 0.335 e. The first kappa shape index (κ1) is 20.2. The van der Waals surface area contributed by atoms with Crippen LogP contribution in [-0.4, -0.2) is 27.9 Å². The second kappa shape index (κ2) is 8.31. The predicted octanol–water partition coefficient (Wildman–Crippen LogP) is 4.67. The Kier molecular flexibility index (Phi) is 5.41. The summed E-state index contributed by atoms with van der Waals surface area (Å²) in [7, 11) is 1.86. The highest BCUT2D eigenvalue weighted by molar-refractivity contribution is 5.99. The van der Waals surface area contributed by atoms with Crippen LogP contribution in [0.4, 0.5) is 10.1 Å². The Morgan fingerprint density at radius 3 is 2.48 bits per heavy atom. The van der Waals surface area contributed by atoms with E-state index in [1.165, 1.54) is 12.1 Å². The zero-order valence-corrected chi connectivity index (χ0v) is 16.9. The molecule has 0 saturated heterocycles. The number of hydrogen-bond donors (Lipinski definition) is 3. The van der Waals surface area contributed by atoms with E-state index in [-0.39, 0.29) is 11.4 Å². The van der Waals surface area contributed by atoms with E-state index in [1.807, 2.05) is 31.3 Å². The van der Waals surface area contributed by atoms with Crippen LogP contribution in [0.15, 0.2) is 73.4 Å². The Balaban J connectivity index is 1.69. The molecule has 0 aliphatic carbocycles. The van der Waals surface area contributed by atoms with Crippen molar-refractivity contribution in [2.45, 2.75) is 6.54 Å². The van der Waals surface area contributed by atoms with Crippen LogP contribution < -0.4 is 10.6 Å². The Morgan fingerprint density at radius 1 is 1.13 bits per heavy atom. The highest BCUT2D eigenvalue weighted by Gasteiger charge is 2.16. The number of carboxylic acids is 1. The molecule has 0 aliphatic rings. The van der Waals surface area contributed by atoms with Crippen molar-refractivity contribution in [2.24, 2.45) is 0 Å². The standard InChI is InChI=1S/C24H21FN4O2/c1-15(27-13-16-3-7-19(26-2)8-4-16)21-11-17(24(30)31)12-23-22(21)14-28-29(23)20-9-5-18(25)6-10-20/h3-12,14,26-27H,1,13H2,2H3,(H,30,31). The number of hydrogen-bond acceptors (Lipinski definition) is 4. The molecule has 1 heterocycles. The number of halogens is 1. The second-order valence-corrected chi connectivity index (χ2v) is 7.07. The van der Waals surface area contributed by atoms with Crippen LogP contribution in [0.25, 0.3) is 22.3 Å². The topological polar surface area (TPSA) is 79.2 Å². The number of benzene rings is 3. The SMILES string of the molecule is C=C(NCc1ccc(NC)cc1)c1cc(C(=O)O)cc2c1cnn2-c1ccc(F)cc1. The molecule has 0 bridgehead atoms. The van der Waals surface area contributed by atoms with Gasteiger partial charge in [0.25, 0.3) is 0 Å². The number of rotatable bonds is 7. The van der Waals surface area contributed by atoms with Crippen LogP contribution in [-0.2, 0) is 6.54 Å². The Morgan fingerprint density at radius 2 is 1.84 bits per heavy atom. The third-order valence-corrected chi connectivity index (χ3v) is 5.08. The third-order valence-electron chi connectivity index (χ3n) is 5.08. The van der Waals surface area contributed by atoms with E-state index >= 15 is 0 Å². The van der Waals surface area contributed by atoms with Crippen molar-refractivity contribution in [1.82, 2.24) is 15.1 Å². The summed E-state index contributed by atoms with van der Waals surface area (Å²) in [5.41, 5.74) is 4.67. The number of nitrogens with zero attached hydrogens (tertiary/aromatic N) is 2. The van der Waals surface area contributed by atoms with Crippen molar-refractivity contribution >= 4 is 28.3 Å². The molecule has 156 valence electrons. The van der Waals surface area contributed by atoms with Gasteiger partial charge in [0.1, 0.15) is 5.82 Å². The zero-order valence-electron chi connectivity index (χ0n) is 16.9. The van der Waals surface area contributed by atoms with Crippen molar-refractivity contribution < 1.29 is 14.3 Å². The lowest BCUT2D eigenvalue weighted by Gasteiger charge is -2.13. The van der Waals surface area contributed by atoms with Gasteiger partial charge in [-0.25, -0.2) is 13.9 Å². The summed E-state index contributed by atoms with van der Waals surface area (Å²) in [5.74, 6) is -1.40. The maximum atomic E-state index is 13.3. The number of aromatic carboxylic acids is 1. The average Bonchev–Trinajstić information content (AvgIpc) is 3.21. The molecule has 0 aliphatic heterocycles. The van der Waals surface area contributed by atoms with Gasteiger partial charge in [-0.1, -0.05) is 18.7 Å². The van der Waals surface area contributed by atoms with E-state index in [0.29, 0.717) is 29.0 Å².